The minimum Gasteiger partial charge on any atom is -0.398 e. The molecule has 0 aliphatic carbocycles. The smallest absolute Gasteiger partial charge is 0.242 e. The van der Waals surface area contributed by atoms with Crippen LogP contribution < -0.4 is 15.4 Å². The van der Waals surface area contributed by atoms with E-state index in [-0.39, 0.29) is 10.6 Å². The lowest BCUT2D eigenvalue weighted by Crippen LogP contribution is -2.21. The number of anilines is 2. The molecule has 3 N–H and O–H groups in total. The highest BCUT2D eigenvalue weighted by atomic mass is 32.2. The van der Waals surface area contributed by atoms with Crippen LogP contribution in [0.15, 0.2) is 35.5 Å². The maximum Gasteiger partial charge on any atom is 0.242 e. The average molecular weight is 309 g/mol. The standard InChI is InChI=1S/C13H19N5O2S/c1-15-21(19,20)12-5-4-10(8-11(12)14)18(3)9-13-16-6-7-17(13)2/h4-8,15H,9,14H2,1-3H3. The minimum atomic E-state index is -3.54. The number of benzene rings is 1. The molecule has 2 aromatic rings. The number of hydrogen-bond donors (Lipinski definition) is 2. The molecule has 21 heavy (non-hydrogen) atoms. The molecule has 0 saturated heterocycles. The Morgan fingerprint density at radius 2 is 2.14 bits per heavy atom. The second-order valence-electron chi connectivity index (χ2n) is 4.74. The Morgan fingerprint density at radius 1 is 1.43 bits per heavy atom. The third-order valence-electron chi connectivity index (χ3n) is 3.29. The van der Waals surface area contributed by atoms with Crippen molar-refractivity contribution in [2.75, 3.05) is 24.7 Å². The molecule has 0 atom stereocenters. The van der Waals surface area contributed by atoms with Gasteiger partial charge in [-0.05, 0) is 25.2 Å². The van der Waals surface area contributed by atoms with E-state index in [9.17, 15) is 8.42 Å². The van der Waals surface area contributed by atoms with Crippen LogP contribution in [0.4, 0.5) is 11.4 Å². The van der Waals surface area contributed by atoms with Crippen molar-refractivity contribution < 1.29 is 8.42 Å². The number of nitrogens with two attached hydrogens (primary N) is 1. The van der Waals surface area contributed by atoms with Gasteiger partial charge in [0, 0.05) is 32.2 Å². The summed E-state index contributed by atoms with van der Waals surface area (Å²) in [4.78, 5) is 6.29. The monoisotopic (exact) mass is 309 g/mol. The molecule has 0 aliphatic rings. The quantitative estimate of drug-likeness (QED) is 0.787. The highest BCUT2D eigenvalue weighted by Crippen LogP contribution is 2.24. The summed E-state index contributed by atoms with van der Waals surface area (Å²) >= 11 is 0. The zero-order valence-electron chi connectivity index (χ0n) is 12.2. The third kappa shape index (κ3) is 3.17. The molecule has 7 nitrogen and oxygen atoms in total. The Kier molecular flexibility index (Phi) is 4.19. The summed E-state index contributed by atoms with van der Waals surface area (Å²) in [5.41, 5.74) is 6.90. The van der Waals surface area contributed by atoms with Crippen molar-refractivity contribution in [2.45, 2.75) is 11.4 Å². The third-order valence-corrected chi connectivity index (χ3v) is 4.78. The molecule has 1 heterocycles. The molecule has 0 spiro atoms. The van der Waals surface area contributed by atoms with E-state index in [1.54, 1.807) is 18.3 Å². The number of aromatic nitrogens is 2. The molecule has 0 fully saturated rings. The SMILES string of the molecule is CNS(=O)(=O)c1ccc(N(C)Cc2nccn2C)cc1N. The molecular weight excluding hydrogens is 290 g/mol. The number of nitrogens with zero attached hydrogens (tertiary/aromatic N) is 3. The Labute approximate surface area is 124 Å². The van der Waals surface area contributed by atoms with Crippen molar-refractivity contribution in [2.24, 2.45) is 7.05 Å². The molecule has 2 rings (SSSR count). The first-order chi connectivity index (χ1) is 9.85. The van der Waals surface area contributed by atoms with Gasteiger partial charge in [-0.3, -0.25) is 0 Å². The fourth-order valence-electron chi connectivity index (χ4n) is 1.98. The van der Waals surface area contributed by atoms with Gasteiger partial charge in [0.25, 0.3) is 0 Å². The predicted octanol–water partition coefficient (Wildman–Crippen LogP) is 0.547. The molecular formula is C13H19N5O2S. The zero-order chi connectivity index (χ0) is 15.6. The van der Waals surface area contributed by atoms with Gasteiger partial charge in [0.1, 0.15) is 10.7 Å². The highest BCUT2D eigenvalue weighted by molar-refractivity contribution is 7.89. The first-order valence-corrected chi connectivity index (χ1v) is 7.84. The molecule has 8 heteroatoms. The molecule has 1 aromatic carbocycles. The maximum absolute atomic E-state index is 11.8. The van der Waals surface area contributed by atoms with Gasteiger partial charge in [-0.1, -0.05) is 0 Å². The van der Waals surface area contributed by atoms with E-state index in [0.717, 1.165) is 11.5 Å². The van der Waals surface area contributed by atoms with Crippen molar-refractivity contribution in [1.82, 2.24) is 14.3 Å². The van der Waals surface area contributed by atoms with Crippen molar-refractivity contribution in [3.8, 4) is 0 Å². The van der Waals surface area contributed by atoms with Crippen LogP contribution in [-0.4, -0.2) is 32.1 Å². The Balaban J connectivity index is 2.26. The largest absolute Gasteiger partial charge is 0.398 e. The van der Waals surface area contributed by atoms with Crippen LogP contribution in [0.3, 0.4) is 0 Å². The number of rotatable bonds is 5. The molecule has 0 bridgehead atoms. The molecule has 0 radical (unpaired) electrons. The van der Waals surface area contributed by atoms with Gasteiger partial charge in [0.05, 0.1) is 12.2 Å². The van der Waals surface area contributed by atoms with E-state index < -0.39 is 10.0 Å². The summed E-state index contributed by atoms with van der Waals surface area (Å²) in [6.07, 6.45) is 3.61. The van der Waals surface area contributed by atoms with Gasteiger partial charge < -0.3 is 15.2 Å². The van der Waals surface area contributed by atoms with Crippen LogP contribution in [0.25, 0.3) is 0 Å². The van der Waals surface area contributed by atoms with Crippen molar-refractivity contribution in [3.05, 3.63) is 36.4 Å². The van der Waals surface area contributed by atoms with Crippen LogP contribution in [-0.2, 0) is 23.6 Å². The summed E-state index contributed by atoms with van der Waals surface area (Å²) in [5.74, 6) is 0.906. The van der Waals surface area contributed by atoms with Crippen molar-refractivity contribution in [3.63, 3.8) is 0 Å². The zero-order valence-corrected chi connectivity index (χ0v) is 13.1. The van der Waals surface area contributed by atoms with Crippen LogP contribution in [0, 0.1) is 0 Å². The van der Waals surface area contributed by atoms with E-state index in [2.05, 4.69) is 9.71 Å². The van der Waals surface area contributed by atoms with Crippen molar-refractivity contribution >= 4 is 21.4 Å². The molecule has 114 valence electrons. The minimum absolute atomic E-state index is 0.0825. The fourth-order valence-corrected chi connectivity index (χ4v) is 2.82. The second-order valence-corrected chi connectivity index (χ2v) is 6.60. The normalized spacial score (nSPS) is 11.6. The number of hydrogen-bond acceptors (Lipinski definition) is 5. The van der Waals surface area contributed by atoms with Crippen LogP contribution >= 0.6 is 0 Å². The summed E-state index contributed by atoms with van der Waals surface area (Å²) in [7, 11) is 1.64. The van der Waals surface area contributed by atoms with Gasteiger partial charge in [0.2, 0.25) is 10.0 Å². The van der Waals surface area contributed by atoms with Crippen molar-refractivity contribution in [1.29, 1.82) is 0 Å². The van der Waals surface area contributed by atoms with E-state index in [1.807, 2.05) is 29.8 Å². The lowest BCUT2D eigenvalue weighted by atomic mass is 10.2. The van der Waals surface area contributed by atoms with Crippen LogP contribution in [0.2, 0.25) is 0 Å². The Hall–Kier alpha value is -2.06. The number of imidazole rings is 1. The van der Waals surface area contributed by atoms with Crippen LogP contribution in [0.5, 0.6) is 0 Å². The number of aryl methyl sites for hydroxylation is 1. The van der Waals surface area contributed by atoms with Gasteiger partial charge in [-0.15, -0.1) is 0 Å². The summed E-state index contributed by atoms with van der Waals surface area (Å²) in [6.45, 7) is 0.598. The predicted molar refractivity (Wildman–Crippen MR) is 82.4 cm³/mol. The second kappa shape index (κ2) is 5.74. The van der Waals surface area contributed by atoms with Gasteiger partial charge in [-0.2, -0.15) is 0 Å². The molecule has 0 aliphatic heterocycles. The summed E-state index contributed by atoms with van der Waals surface area (Å²) < 4.78 is 27.8. The van der Waals surface area contributed by atoms with Gasteiger partial charge >= 0.3 is 0 Å². The lowest BCUT2D eigenvalue weighted by Gasteiger charge is -2.20. The van der Waals surface area contributed by atoms with E-state index in [0.29, 0.717) is 6.54 Å². The average Bonchev–Trinajstić information content (AvgIpc) is 2.83. The molecule has 0 unspecified atom stereocenters. The summed E-state index contributed by atoms with van der Waals surface area (Å²) in [5, 5.41) is 0. The fraction of sp³-hybridized carbons (Fsp3) is 0.308. The first kappa shape index (κ1) is 15.3. The van der Waals surface area contributed by atoms with E-state index in [1.165, 1.54) is 13.1 Å². The highest BCUT2D eigenvalue weighted by Gasteiger charge is 2.16. The van der Waals surface area contributed by atoms with E-state index in [4.69, 9.17) is 5.73 Å². The number of nitrogen functional groups attached to an aromatic ring is 1. The number of sulfonamides is 1. The number of nitrogens with one attached hydrogen (secondary N) is 1. The molecule has 1 aromatic heterocycles. The van der Waals surface area contributed by atoms with Gasteiger partial charge in [0.15, 0.2) is 0 Å². The van der Waals surface area contributed by atoms with Crippen LogP contribution in [0.1, 0.15) is 5.82 Å². The topological polar surface area (TPSA) is 93.2 Å². The maximum atomic E-state index is 11.8. The van der Waals surface area contributed by atoms with E-state index >= 15 is 0 Å². The lowest BCUT2D eigenvalue weighted by molar-refractivity contribution is 0.588. The summed E-state index contributed by atoms with van der Waals surface area (Å²) in [6, 6.07) is 4.88. The Bertz CT molecular complexity index is 739. The molecule has 0 amide bonds. The Morgan fingerprint density at radius 3 is 2.67 bits per heavy atom. The molecule has 0 saturated carbocycles. The first-order valence-electron chi connectivity index (χ1n) is 6.35. The van der Waals surface area contributed by atoms with Gasteiger partial charge in [-0.25, -0.2) is 18.1 Å².